The Labute approximate surface area is 297 Å². The van der Waals surface area contributed by atoms with Gasteiger partial charge in [0, 0.05) is 24.4 Å². The number of alkyl carbamates (subject to hydrolysis) is 1. The van der Waals surface area contributed by atoms with Crippen LogP contribution in [-0.4, -0.2) is 83.9 Å². The molecule has 5 atom stereocenters. The van der Waals surface area contributed by atoms with E-state index in [2.05, 4.69) is 26.0 Å². The van der Waals surface area contributed by atoms with Crippen LogP contribution < -0.4 is 10.6 Å². The van der Waals surface area contributed by atoms with Crippen LogP contribution in [0.5, 0.6) is 0 Å². The summed E-state index contributed by atoms with van der Waals surface area (Å²) >= 11 is 0. The number of carboxylic acids is 1. The van der Waals surface area contributed by atoms with Crippen molar-refractivity contribution in [2.75, 3.05) is 6.54 Å². The van der Waals surface area contributed by atoms with Crippen LogP contribution in [-0.2, 0) is 19.1 Å². The van der Waals surface area contributed by atoms with Gasteiger partial charge in [-0.1, -0.05) is 85.7 Å². The van der Waals surface area contributed by atoms with E-state index >= 15 is 0 Å². The number of amides is 3. The van der Waals surface area contributed by atoms with E-state index in [1.54, 1.807) is 20.8 Å². The molecule has 1 aromatic heterocycles. The van der Waals surface area contributed by atoms with Crippen LogP contribution in [0.25, 0.3) is 23.5 Å². The molecule has 0 unspecified atom stereocenters. The van der Waals surface area contributed by atoms with Crippen molar-refractivity contribution < 1.29 is 29.0 Å². The zero-order valence-electron chi connectivity index (χ0n) is 29.2. The summed E-state index contributed by atoms with van der Waals surface area (Å²) in [4.78, 5) is 56.4. The van der Waals surface area contributed by atoms with Crippen molar-refractivity contribution in [3.8, 4) is 11.4 Å². The first-order valence-electron chi connectivity index (χ1n) is 17.6. The molecule has 13 nitrogen and oxygen atoms in total. The lowest BCUT2D eigenvalue weighted by atomic mass is 10.0. The number of tetrazole rings is 1. The van der Waals surface area contributed by atoms with E-state index in [9.17, 15) is 24.3 Å². The molecule has 0 spiro atoms. The molecule has 1 saturated heterocycles. The third kappa shape index (κ3) is 8.53. The molecular formula is C38H45N7O6. The van der Waals surface area contributed by atoms with Gasteiger partial charge in [0.05, 0.1) is 6.04 Å². The van der Waals surface area contributed by atoms with Gasteiger partial charge in [0.15, 0.2) is 0 Å². The van der Waals surface area contributed by atoms with Gasteiger partial charge in [0.1, 0.15) is 23.2 Å². The van der Waals surface area contributed by atoms with E-state index in [1.165, 1.54) is 9.70 Å². The average molecular weight is 696 g/mol. The molecule has 2 aromatic carbocycles. The Balaban J connectivity index is 1.26. The third-order valence-electron chi connectivity index (χ3n) is 9.50. The fourth-order valence-electron chi connectivity index (χ4n) is 6.73. The normalized spacial score (nSPS) is 25.7. The predicted molar refractivity (Wildman–Crippen MR) is 190 cm³/mol. The minimum atomic E-state index is -1.44. The Morgan fingerprint density at radius 2 is 1.80 bits per heavy atom. The largest absolute Gasteiger partial charge is 0.479 e. The van der Waals surface area contributed by atoms with Gasteiger partial charge in [-0.3, -0.25) is 9.59 Å². The lowest BCUT2D eigenvalue weighted by Gasteiger charge is -2.30. The standard InChI is InChI=1S/C38H45N7O6/c1-37(2,3)51-36(50)39-30-18-11-6-4-5-10-17-28-23-38(28,35(48)49)40-33(46)31-22-29(24-44(31)34(30)47)45-42-32(41-43-45)27-16-12-15-26(21-27)20-19-25-13-8-7-9-14-25/h7-10,12-17,19-21,28-31H,4-6,11,18,22-24H2,1-3H3,(H,39,50)(H,40,46)(H,48,49)/t28-,29-,30+,31+,38-/m1/s1. The molecule has 268 valence electrons. The summed E-state index contributed by atoms with van der Waals surface area (Å²) in [5.74, 6) is -2.10. The number of carbonyl (C=O) groups is 4. The summed E-state index contributed by atoms with van der Waals surface area (Å²) in [6, 6.07) is 15.2. The lowest BCUT2D eigenvalue weighted by molar-refractivity contribution is -0.145. The summed E-state index contributed by atoms with van der Waals surface area (Å²) in [5, 5.41) is 29.0. The number of aliphatic carboxylic acids is 1. The number of nitrogens with one attached hydrogen (secondary N) is 2. The van der Waals surface area contributed by atoms with Gasteiger partial charge < -0.3 is 25.4 Å². The van der Waals surface area contributed by atoms with E-state index in [-0.39, 0.29) is 25.3 Å². The number of carbonyl (C=O) groups excluding carboxylic acids is 3. The Hall–Kier alpha value is -5.33. The maximum absolute atomic E-state index is 14.3. The Morgan fingerprint density at radius 1 is 1.04 bits per heavy atom. The van der Waals surface area contributed by atoms with E-state index in [0.29, 0.717) is 18.7 Å². The molecule has 3 aliphatic rings. The molecule has 3 amide bonds. The predicted octanol–water partition coefficient (Wildman–Crippen LogP) is 5.03. The number of carboxylic acid groups (broad SMARTS) is 1. The Morgan fingerprint density at radius 3 is 2.57 bits per heavy atom. The monoisotopic (exact) mass is 695 g/mol. The minimum Gasteiger partial charge on any atom is -0.479 e. The van der Waals surface area contributed by atoms with Gasteiger partial charge in [0.2, 0.25) is 17.6 Å². The van der Waals surface area contributed by atoms with E-state index < -0.39 is 53.1 Å². The zero-order chi connectivity index (χ0) is 36.2. The van der Waals surface area contributed by atoms with Crippen molar-refractivity contribution in [1.82, 2.24) is 35.7 Å². The molecular weight excluding hydrogens is 650 g/mol. The van der Waals surface area contributed by atoms with Crippen LogP contribution in [0.3, 0.4) is 0 Å². The number of benzene rings is 2. The highest BCUT2D eigenvalue weighted by atomic mass is 16.6. The van der Waals surface area contributed by atoms with Gasteiger partial charge in [-0.15, -0.1) is 10.2 Å². The van der Waals surface area contributed by atoms with Crippen LogP contribution in [0.4, 0.5) is 4.79 Å². The second-order valence-corrected chi connectivity index (χ2v) is 14.5. The molecule has 2 fully saturated rings. The SMILES string of the molecule is CC(C)(C)OC(=O)N[C@H]1CCCCCC=C[C@@H]2C[C@@]2(C(=O)O)NC(=O)[C@@H]2C[C@@H](n3nnc(-c4cccc(C=Cc5ccccc5)c4)n3)CN2C1=O. The topological polar surface area (TPSA) is 169 Å². The summed E-state index contributed by atoms with van der Waals surface area (Å²) < 4.78 is 5.48. The van der Waals surface area contributed by atoms with Gasteiger partial charge in [-0.2, -0.15) is 4.80 Å². The number of aromatic nitrogens is 4. The first kappa shape index (κ1) is 35.5. The summed E-state index contributed by atoms with van der Waals surface area (Å²) in [6.45, 7) is 5.28. The molecule has 1 aliphatic carbocycles. The van der Waals surface area contributed by atoms with Crippen LogP contribution in [0.1, 0.15) is 82.9 Å². The van der Waals surface area contributed by atoms with Crippen molar-refractivity contribution >= 4 is 36.0 Å². The number of allylic oxidation sites excluding steroid dienone is 1. The van der Waals surface area contributed by atoms with Gasteiger partial charge in [-0.05, 0) is 68.9 Å². The van der Waals surface area contributed by atoms with Gasteiger partial charge in [-0.25, -0.2) is 9.59 Å². The van der Waals surface area contributed by atoms with Gasteiger partial charge >= 0.3 is 12.1 Å². The molecule has 0 radical (unpaired) electrons. The third-order valence-corrected chi connectivity index (χ3v) is 9.50. The number of hydrogen-bond acceptors (Lipinski definition) is 8. The molecule has 0 bridgehead atoms. The fraction of sp³-hybridized carbons (Fsp3) is 0.447. The second kappa shape index (κ2) is 14.9. The molecule has 1 saturated carbocycles. The molecule has 3 heterocycles. The maximum Gasteiger partial charge on any atom is 0.408 e. The summed E-state index contributed by atoms with van der Waals surface area (Å²) in [7, 11) is 0. The van der Waals surface area contributed by atoms with Crippen molar-refractivity contribution in [3.63, 3.8) is 0 Å². The number of hydrogen-bond donors (Lipinski definition) is 3. The lowest BCUT2D eigenvalue weighted by Crippen LogP contribution is -2.56. The van der Waals surface area contributed by atoms with Crippen molar-refractivity contribution in [2.45, 2.75) is 95.0 Å². The summed E-state index contributed by atoms with van der Waals surface area (Å²) in [5.41, 5.74) is 0.552. The molecule has 3 N–H and O–H groups in total. The van der Waals surface area contributed by atoms with E-state index in [1.807, 2.05) is 78.9 Å². The van der Waals surface area contributed by atoms with Gasteiger partial charge in [0.25, 0.3) is 0 Å². The highest BCUT2D eigenvalue weighted by Crippen LogP contribution is 2.45. The fourth-order valence-corrected chi connectivity index (χ4v) is 6.73. The van der Waals surface area contributed by atoms with Crippen molar-refractivity contribution in [1.29, 1.82) is 0 Å². The molecule has 2 aliphatic heterocycles. The molecule has 51 heavy (non-hydrogen) atoms. The molecule has 3 aromatic rings. The highest BCUT2D eigenvalue weighted by molar-refractivity contribution is 5.96. The maximum atomic E-state index is 14.3. The first-order chi connectivity index (χ1) is 24.4. The number of fused-ring (bicyclic) bond motifs is 2. The number of ether oxygens (including phenoxy) is 1. The zero-order valence-corrected chi connectivity index (χ0v) is 29.2. The Kier molecular flexibility index (Phi) is 10.4. The minimum absolute atomic E-state index is 0.0580. The smallest absolute Gasteiger partial charge is 0.408 e. The number of rotatable bonds is 6. The van der Waals surface area contributed by atoms with Crippen molar-refractivity contribution in [3.05, 3.63) is 77.9 Å². The van der Waals surface area contributed by atoms with Crippen LogP contribution >= 0.6 is 0 Å². The first-order valence-corrected chi connectivity index (χ1v) is 17.6. The molecule has 6 rings (SSSR count). The summed E-state index contributed by atoms with van der Waals surface area (Å²) in [6.07, 6.45) is 10.9. The quantitative estimate of drug-likeness (QED) is 0.237. The van der Waals surface area contributed by atoms with E-state index in [4.69, 9.17) is 4.74 Å². The number of nitrogens with zero attached hydrogens (tertiary/aromatic N) is 5. The van der Waals surface area contributed by atoms with E-state index in [0.717, 1.165) is 36.0 Å². The van der Waals surface area contributed by atoms with Crippen molar-refractivity contribution in [2.24, 2.45) is 5.92 Å². The van der Waals surface area contributed by atoms with Crippen LogP contribution in [0, 0.1) is 5.92 Å². The van der Waals surface area contributed by atoms with Crippen LogP contribution in [0.2, 0.25) is 0 Å². The average Bonchev–Trinajstić information content (AvgIpc) is 3.39. The highest BCUT2D eigenvalue weighted by Gasteiger charge is 2.61. The second-order valence-electron chi connectivity index (χ2n) is 14.5. The van der Waals surface area contributed by atoms with Crippen LogP contribution in [0.15, 0.2) is 66.7 Å². The Bertz CT molecular complexity index is 1820. The molecule has 13 heteroatoms.